The molecular weight excluding hydrogens is 400 g/mol. The molecule has 6 nitrogen and oxygen atoms in total. The van der Waals surface area contributed by atoms with E-state index in [1.807, 2.05) is 29.9 Å². The predicted octanol–water partition coefficient (Wildman–Crippen LogP) is 2.71. The van der Waals surface area contributed by atoms with Gasteiger partial charge in [-0.2, -0.15) is 5.10 Å². The lowest BCUT2D eigenvalue weighted by Crippen LogP contribution is -2.37. The molecule has 0 saturated carbocycles. The third kappa shape index (κ3) is 6.22. The molecule has 0 aliphatic carbocycles. The quantitative estimate of drug-likeness (QED) is 0.738. The highest BCUT2D eigenvalue weighted by molar-refractivity contribution is 5.92. The molecule has 3 rings (SSSR count). The van der Waals surface area contributed by atoms with Crippen LogP contribution in [0.25, 0.3) is 0 Å². The first kappa shape index (κ1) is 23.3. The number of halogens is 3. The van der Waals surface area contributed by atoms with E-state index in [9.17, 15) is 13.6 Å². The van der Waals surface area contributed by atoms with Crippen LogP contribution in [0.2, 0.25) is 0 Å². The molecule has 1 unspecified atom stereocenters. The average Bonchev–Trinajstić information content (AvgIpc) is 3.17. The van der Waals surface area contributed by atoms with Gasteiger partial charge in [0.2, 0.25) is 0 Å². The van der Waals surface area contributed by atoms with Crippen molar-refractivity contribution in [1.29, 1.82) is 0 Å². The third-order valence-electron chi connectivity index (χ3n) is 4.95. The summed E-state index contributed by atoms with van der Waals surface area (Å²) in [7, 11) is 3.82. The number of piperidine rings is 1. The third-order valence-corrected chi connectivity index (χ3v) is 4.95. The lowest BCUT2D eigenvalue weighted by Gasteiger charge is -2.25. The highest BCUT2D eigenvalue weighted by Crippen LogP contribution is 2.18. The molecular formula is C20H28ClF2N5O. The maximum atomic E-state index is 14.1. The van der Waals surface area contributed by atoms with Crippen molar-refractivity contribution in [3.63, 3.8) is 0 Å². The molecule has 2 heterocycles. The molecule has 1 atom stereocenters. The van der Waals surface area contributed by atoms with Crippen molar-refractivity contribution in [2.24, 2.45) is 0 Å². The minimum Gasteiger partial charge on any atom is -0.332 e. The van der Waals surface area contributed by atoms with Gasteiger partial charge in [-0.3, -0.25) is 9.48 Å². The molecule has 0 bridgehead atoms. The molecule has 160 valence electrons. The van der Waals surface area contributed by atoms with Crippen molar-refractivity contribution >= 4 is 18.3 Å². The van der Waals surface area contributed by atoms with Crippen LogP contribution in [-0.4, -0.2) is 65.8 Å². The van der Waals surface area contributed by atoms with Crippen LogP contribution in [0.15, 0.2) is 30.5 Å². The second kappa shape index (κ2) is 10.7. The molecule has 1 amide bonds. The number of amides is 1. The zero-order valence-electron chi connectivity index (χ0n) is 16.8. The minimum atomic E-state index is -0.651. The Balaban J connectivity index is 0.00000300. The van der Waals surface area contributed by atoms with E-state index in [1.165, 1.54) is 12.1 Å². The fourth-order valence-electron chi connectivity index (χ4n) is 3.31. The molecule has 2 aromatic rings. The summed E-state index contributed by atoms with van der Waals surface area (Å²) in [6.45, 7) is 2.95. The van der Waals surface area contributed by atoms with Gasteiger partial charge in [-0.05, 0) is 45.6 Å². The molecule has 1 aromatic heterocycles. The molecule has 1 aliphatic rings. The van der Waals surface area contributed by atoms with E-state index in [0.29, 0.717) is 18.8 Å². The Morgan fingerprint density at radius 2 is 2.07 bits per heavy atom. The number of rotatable bonds is 7. The number of carbonyl (C=O) groups excluding carboxylic acids is 1. The maximum Gasteiger partial charge on any atom is 0.274 e. The second-order valence-electron chi connectivity index (χ2n) is 7.45. The van der Waals surface area contributed by atoms with Gasteiger partial charge in [-0.1, -0.05) is 6.07 Å². The Morgan fingerprint density at radius 3 is 2.72 bits per heavy atom. The zero-order valence-corrected chi connectivity index (χ0v) is 17.6. The Bertz CT molecular complexity index is 808. The van der Waals surface area contributed by atoms with E-state index in [2.05, 4.69) is 10.4 Å². The van der Waals surface area contributed by atoms with Crippen LogP contribution in [0.4, 0.5) is 8.78 Å². The summed E-state index contributed by atoms with van der Waals surface area (Å²) in [4.78, 5) is 16.6. The first-order valence-electron chi connectivity index (χ1n) is 9.58. The number of nitrogens with one attached hydrogen (secondary N) is 1. The fraction of sp³-hybridized carbons (Fsp3) is 0.500. The summed E-state index contributed by atoms with van der Waals surface area (Å²) in [5.41, 5.74) is 0.622. The van der Waals surface area contributed by atoms with Gasteiger partial charge in [0.05, 0.1) is 6.04 Å². The Kier molecular flexibility index (Phi) is 8.55. The number of aromatic nitrogens is 2. The van der Waals surface area contributed by atoms with Gasteiger partial charge in [0.15, 0.2) is 0 Å². The molecule has 9 heteroatoms. The monoisotopic (exact) mass is 427 g/mol. The van der Waals surface area contributed by atoms with Crippen LogP contribution >= 0.6 is 12.4 Å². The highest BCUT2D eigenvalue weighted by atomic mass is 35.5. The van der Waals surface area contributed by atoms with Crippen LogP contribution in [-0.2, 0) is 6.54 Å². The SMILES string of the molecule is CN(C)CCN(Cc1ccc(F)cc1F)C(=O)c1ccn(C2CCCNC2)n1.Cl. The smallest absolute Gasteiger partial charge is 0.274 e. The Morgan fingerprint density at radius 1 is 1.28 bits per heavy atom. The van der Waals surface area contributed by atoms with E-state index in [4.69, 9.17) is 0 Å². The van der Waals surface area contributed by atoms with Gasteiger partial charge in [0.25, 0.3) is 5.91 Å². The van der Waals surface area contributed by atoms with Gasteiger partial charge in [-0.25, -0.2) is 8.78 Å². The average molecular weight is 428 g/mol. The van der Waals surface area contributed by atoms with Gasteiger partial charge in [0, 0.05) is 44.0 Å². The largest absolute Gasteiger partial charge is 0.332 e. The normalized spacial score (nSPS) is 16.5. The van der Waals surface area contributed by atoms with Gasteiger partial charge in [0.1, 0.15) is 17.3 Å². The number of nitrogens with zero attached hydrogens (tertiary/aromatic N) is 4. The molecule has 1 fully saturated rings. The van der Waals surface area contributed by atoms with Crippen molar-refractivity contribution in [2.45, 2.75) is 25.4 Å². The summed E-state index contributed by atoms with van der Waals surface area (Å²) < 4.78 is 29.1. The van der Waals surface area contributed by atoms with Crippen LogP contribution in [0.1, 0.15) is 34.9 Å². The van der Waals surface area contributed by atoms with E-state index in [0.717, 1.165) is 32.0 Å². The number of hydrogen-bond donors (Lipinski definition) is 1. The molecule has 1 saturated heterocycles. The summed E-state index contributed by atoms with van der Waals surface area (Å²) in [5.74, 6) is -1.54. The van der Waals surface area contributed by atoms with Crippen LogP contribution in [0, 0.1) is 11.6 Å². The number of carbonyl (C=O) groups is 1. The molecule has 0 spiro atoms. The molecule has 1 N–H and O–H groups in total. The van der Waals surface area contributed by atoms with Crippen molar-refractivity contribution < 1.29 is 13.6 Å². The summed E-state index contributed by atoms with van der Waals surface area (Å²) in [6, 6.07) is 5.38. The number of likely N-dealkylation sites (N-methyl/N-ethyl adjacent to an activating group) is 1. The Hall–Kier alpha value is -2.03. The molecule has 0 radical (unpaired) electrons. The van der Waals surface area contributed by atoms with E-state index >= 15 is 0 Å². The van der Waals surface area contributed by atoms with Crippen molar-refractivity contribution in [2.75, 3.05) is 40.3 Å². The standard InChI is InChI=1S/C20H27F2N5O.ClH/c1-25(2)10-11-26(14-15-5-6-16(21)12-18(15)22)20(28)19-7-9-27(24-19)17-4-3-8-23-13-17;/h5-7,9,12,17,23H,3-4,8,10-11,13-14H2,1-2H3;1H. The first-order valence-corrected chi connectivity index (χ1v) is 9.58. The first-order chi connectivity index (χ1) is 13.4. The summed E-state index contributed by atoms with van der Waals surface area (Å²) >= 11 is 0. The zero-order chi connectivity index (χ0) is 20.1. The number of benzene rings is 1. The summed E-state index contributed by atoms with van der Waals surface area (Å²) in [5, 5.41) is 7.81. The predicted molar refractivity (Wildman–Crippen MR) is 110 cm³/mol. The van der Waals surface area contributed by atoms with Crippen LogP contribution < -0.4 is 5.32 Å². The van der Waals surface area contributed by atoms with Crippen molar-refractivity contribution in [3.05, 3.63) is 53.4 Å². The van der Waals surface area contributed by atoms with E-state index in [1.54, 1.807) is 11.0 Å². The fourth-order valence-corrected chi connectivity index (χ4v) is 3.31. The van der Waals surface area contributed by atoms with Gasteiger partial charge in [-0.15, -0.1) is 12.4 Å². The molecule has 29 heavy (non-hydrogen) atoms. The van der Waals surface area contributed by atoms with Gasteiger partial charge >= 0.3 is 0 Å². The van der Waals surface area contributed by atoms with Crippen molar-refractivity contribution in [3.8, 4) is 0 Å². The lowest BCUT2D eigenvalue weighted by atomic mass is 10.1. The Labute approximate surface area is 176 Å². The van der Waals surface area contributed by atoms with Gasteiger partial charge < -0.3 is 15.1 Å². The van der Waals surface area contributed by atoms with E-state index in [-0.39, 0.29) is 36.5 Å². The van der Waals surface area contributed by atoms with Crippen molar-refractivity contribution in [1.82, 2.24) is 24.9 Å². The summed E-state index contributed by atoms with van der Waals surface area (Å²) in [6.07, 6.45) is 3.92. The number of hydrogen-bond acceptors (Lipinski definition) is 4. The lowest BCUT2D eigenvalue weighted by molar-refractivity contribution is 0.0723. The maximum absolute atomic E-state index is 14.1. The van der Waals surface area contributed by atoms with Crippen LogP contribution in [0.5, 0.6) is 0 Å². The van der Waals surface area contributed by atoms with Crippen LogP contribution in [0.3, 0.4) is 0 Å². The topological polar surface area (TPSA) is 53.4 Å². The second-order valence-corrected chi connectivity index (χ2v) is 7.45. The van der Waals surface area contributed by atoms with E-state index < -0.39 is 11.6 Å². The molecule has 1 aromatic carbocycles. The highest BCUT2D eigenvalue weighted by Gasteiger charge is 2.22. The minimum absolute atomic E-state index is 0. The molecule has 1 aliphatic heterocycles.